The predicted molar refractivity (Wildman–Crippen MR) is 82.0 cm³/mol. The number of rotatable bonds is 5. The van der Waals surface area contributed by atoms with E-state index in [9.17, 15) is 4.39 Å². The van der Waals surface area contributed by atoms with Crippen LogP contribution >= 0.6 is 27.5 Å². The van der Waals surface area contributed by atoms with Crippen molar-refractivity contribution in [2.24, 2.45) is 5.84 Å². The van der Waals surface area contributed by atoms with Crippen molar-refractivity contribution < 1.29 is 9.13 Å². The summed E-state index contributed by atoms with van der Waals surface area (Å²) in [6, 6.07) is 3.03. The van der Waals surface area contributed by atoms with Crippen LogP contribution < -0.4 is 11.3 Å². The van der Waals surface area contributed by atoms with Gasteiger partial charge in [-0.2, -0.15) is 0 Å². The maximum Gasteiger partial charge on any atom is 0.147 e. The fourth-order valence-electron chi connectivity index (χ4n) is 3.07. The summed E-state index contributed by atoms with van der Waals surface area (Å²) >= 11 is 9.21. The van der Waals surface area contributed by atoms with Crippen LogP contribution in [0.1, 0.15) is 44.2 Å². The quantitative estimate of drug-likeness (QED) is 0.469. The number of halogens is 3. The minimum Gasteiger partial charge on any atom is -0.373 e. The summed E-state index contributed by atoms with van der Waals surface area (Å²) < 4.78 is 20.9. The van der Waals surface area contributed by atoms with Gasteiger partial charge in [0.2, 0.25) is 0 Å². The highest BCUT2D eigenvalue weighted by Crippen LogP contribution is 2.44. The molecule has 1 aromatic carbocycles. The first kappa shape index (κ1) is 16.2. The van der Waals surface area contributed by atoms with Crippen LogP contribution in [0.15, 0.2) is 16.6 Å². The Morgan fingerprint density at radius 1 is 1.50 bits per heavy atom. The molecule has 1 aliphatic rings. The Morgan fingerprint density at radius 2 is 2.15 bits per heavy atom. The van der Waals surface area contributed by atoms with Crippen LogP contribution in [0.5, 0.6) is 0 Å². The zero-order valence-corrected chi connectivity index (χ0v) is 13.7. The molecule has 1 saturated carbocycles. The first-order chi connectivity index (χ1) is 9.55. The lowest BCUT2D eigenvalue weighted by Crippen LogP contribution is -2.47. The molecule has 0 amide bonds. The second-order valence-corrected chi connectivity index (χ2v) is 6.30. The highest BCUT2D eigenvalue weighted by atomic mass is 79.9. The zero-order chi connectivity index (χ0) is 14.8. The summed E-state index contributed by atoms with van der Waals surface area (Å²) in [6.07, 6.45) is 3.85. The molecule has 0 saturated heterocycles. The Bertz CT molecular complexity index is 480. The number of ether oxygens (including phenoxy) is 1. The molecule has 112 valence electrons. The number of hydrazine groups is 1. The molecule has 6 heteroatoms. The van der Waals surface area contributed by atoms with Crippen LogP contribution in [-0.2, 0) is 4.74 Å². The van der Waals surface area contributed by atoms with Crippen molar-refractivity contribution in [3.63, 3.8) is 0 Å². The normalized spacial score (nSPS) is 19.2. The van der Waals surface area contributed by atoms with Crippen molar-refractivity contribution in [2.75, 3.05) is 6.61 Å². The molecule has 2 rings (SSSR count). The van der Waals surface area contributed by atoms with Gasteiger partial charge in [0, 0.05) is 16.6 Å². The Labute approximate surface area is 132 Å². The molecule has 0 radical (unpaired) electrons. The van der Waals surface area contributed by atoms with Gasteiger partial charge >= 0.3 is 0 Å². The van der Waals surface area contributed by atoms with Gasteiger partial charge < -0.3 is 4.74 Å². The van der Waals surface area contributed by atoms with Crippen molar-refractivity contribution in [3.05, 3.63) is 33.0 Å². The van der Waals surface area contributed by atoms with E-state index in [0.29, 0.717) is 16.6 Å². The fraction of sp³-hybridized carbons (Fsp3) is 0.571. The predicted octanol–water partition coefficient (Wildman–Crippen LogP) is 4.10. The first-order valence-electron chi connectivity index (χ1n) is 6.79. The van der Waals surface area contributed by atoms with E-state index in [0.717, 1.165) is 25.7 Å². The van der Waals surface area contributed by atoms with Crippen LogP contribution in [-0.4, -0.2) is 12.2 Å². The van der Waals surface area contributed by atoms with Gasteiger partial charge in [0.05, 0.1) is 16.7 Å². The Balaban J connectivity index is 2.43. The van der Waals surface area contributed by atoms with E-state index in [1.807, 2.05) is 6.92 Å². The van der Waals surface area contributed by atoms with E-state index < -0.39 is 17.5 Å². The minimum atomic E-state index is -0.457. The van der Waals surface area contributed by atoms with Gasteiger partial charge in [-0.05, 0) is 41.8 Å². The molecule has 3 N–H and O–H groups in total. The monoisotopic (exact) mass is 364 g/mol. The van der Waals surface area contributed by atoms with Gasteiger partial charge in [-0.1, -0.05) is 30.5 Å². The smallest absolute Gasteiger partial charge is 0.147 e. The molecule has 1 unspecified atom stereocenters. The molecule has 1 fully saturated rings. The molecule has 20 heavy (non-hydrogen) atoms. The number of nitrogens with two attached hydrogens (primary N) is 1. The number of nitrogens with one attached hydrogen (secondary N) is 1. The van der Waals surface area contributed by atoms with E-state index in [1.54, 1.807) is 12.1 Å². The Kier molecular flexibility index (Phi) is 5.42. The summed E-state index contributed by atoms with van der Waals surface area (Å²) in [7, 11) is 0. The molecule has 0 heterocycles. The largest absolute Gasteiger partial charge is 0.373 e. The summed E-state index contributed by atoms with van der Waals surface area (Å²) in [5.74, 6) is 5.26. The zero-order valence-electron chi connectivity index (χ0n) is 11.4. The van der Waals surface area contributed by atoms with E-state index >= 15 is 0 Å². The molecule has 1 aromatic rings. The molecular weight excluding hydrogens is 347 g/mol. The molecule has 1 atom stereocenters. The highest BCUT2D eigenvalue weighted by molar-refractivity contribution is 9.10. The number of hydrogen-bond donors (Lipinski definition) is 2. The van der Waals surface area contributed by atoms with Crippen molar-refractivity contribution in [1.82, 2.24) is 5.43 Å². The molecule has 0 aromatic heterocycles. The Hall–Kier alpha value is -0.200. The van der Waals surface area contributed by atoms with Crippen LogP contribution in [0, 0.1) is 5.82 Å². The second-order valence-electron chi connectivity index (χ2n) is 5.07. The van der Waals surface area contributed by atoms with Crippen LogP contribution in [0.4, 0.5) is 4.39 Å². The van der Waals surface area contributed by atoms with Gasteiger partial charge in [-0.3, -0.25) is 5.84 Å². The molecular formula is C14H19BrClFN2O. The molecule has 1 aliphatic carbocycles. The number of benzene rings is 1. The summed E-state index contributed by atoms with van der Waals surface area (Å²) in [5.41, 5.74) is 2.73. The van der Waals surface area contributed by atoms with Gasteiger partial charge in [0.15, 0.2) is 0 Å². The van der Waals surface area contributed by atoms with Gasteiger partial charge in [-0.15, -0.1) is 0 Å². The number of hydrogen-bond acceptors (Lipinski definition) is 3. The van der Waals surface area contributed by atoms with Crippen LogP contribution in [0.2, 0.25) is 5.02 Å². The van der Waals surface area contributed by atoms with Crippen molar-refractivity contribution >= 4 is 27.5 Å². The topological polar surface area (TPSA) is 47.3 Å². The molecule has 0 bridgehead atoms. The highest BCUT2D eigenvalue weighted by Gasteiger charge is 2.43. The van der Waals surface area contributed by atoms with Gasteiger partial charge in [0.1, 0.15) is 5.82 Å². The van der Waals surface area contributed by atoms with E-state index in [4.69, 9.17) is 22.2 Å². The first-order valence-corrected chi connectivity index (χ1v) is 7.96. The van der Waals surface area contributed by atoms with Crippen LogP contribution in [0.25, 0.3) is 0 Å². The fourth-order valence-corrected chi connectivity index (χ4v) is 3.54. The summed E-state index contributed by atoms with van der Waals surface area (Å²) in [5, 5.41) is 0.0763. The van der Waals surface area contributed by atoms with E-state index in [1.165, 1.54) is 0 Å². The Morgan fingerprint density at radius 3 is 2.70 bits per heavy atom. The van der Waals surface area contributed by atoms with Crippen molar-refractivity contribution in [1.29, 1.82) is 0 Å². The van der Waals surface area contributed by atoms with Crippen LogP contribution in [0.3, 0.4) is 0 Å². The lowest BCUT2D eigenvalue weighted by atomic mass is 9.86. The maximum absolute atomic E-state index is 14.5. The van der Waals surface area contributed by atoms with Gasteiger partial charge in [-0.25, -0.2) is 9.82 Å². The average molecular weight is 366 g/mol. The molecule has 3 nitrogen and oxygen atoms in total. The minimum absolute atomic E-state index is 0.0763. The third kappa shape index (κ3) is 2.88. The van der Waals surface area contributed by atoms with E-state index in [-0.39, 0.29) is 5.02 Å². The maximum atomic E-state index is 14.5. The average Bonchev–Trinajstić information content (AvgIpc) is 2.89. The third-order valence-electron chi connectivity index (χ3n) is 3.95. The van der Waals surface area contributed by atoms with Crippen molar-refractivity contribution in [2.45, 2.75) is 44.2 Å². The van der Waals surface area contributed by atoms with E-state index in [2.05, 4.69) is 21.4 Å². The standard InChI is InChI=1S/C14H19BrClFN2O/c1-2-20-14(7-3-4-8-14)13(19-18)9-5-6-10(15)11(16)12(9)17/h5-6,13,19H,2-4,7-8,18H2,1H3. The molecule has 0 aliphatic heterocycles. The SMILES string of the molecule is CCOC1(C(NN)c2ccc(Br)c(Cl)c2F)CCCC1. The third-order valence-corrected chi connectivity index (χ3v) is 5.21. The summed E-state index contributed by atoms with van der Waals surface area (Å²) in [4.78, 5) is 0. The second kappa shape index (κ2) is 6.71. The summed E-state index contributed by atoms with van der Waals surface area (Å²) in [6.45, 7) is 2.52. The lowest BCUT2D eigenvalue weighted by Gasteiger charge is -2.37. The lowest BCUT2D eigenvalue weighted by molar-refractivity contribution is -0.0634. The van der Waals surface area contributed by atoms with Crippen molar-refractivity contribution in [3.8, 4) is 0 Å². The molecule has 0 spiro atoms. The van der Waals surface area contributed by atoms with Gasteiger partial charge in [0.25, 0.3) is 0 Å².